The lowest BCUT2D eigenvalue weighted by Crippen LogP contribution is -2.39. The summed E-state index contributed by atoms with van der Waals surface area (Å²) >= 11 is 0. The molecule has 11 heteroatoms. The molecule has 2 fully saturated rings. The first-order chi connectivity index (χ1) is 14.2. The molecule has 2 aliphatic heterocycles. The van der Waals surface area contributed by atoms with Gasteiger partial charge in [0, 0.05) is 19.5 Å². The van der Waals surface area contributed by atoms with E-state index >= 15 is 0 Å². The Hall–Kier alpha value is -2.40. The van der Waals surface area contributed by atoms with Crippen molar-refractivity contribution in [2.24, 2.45) is 0 Å². The van der Waals surface area contributed by atoms with Gasteiger partial charge >= 0.3 is 6.09 Å². The molecule has 1 N–H and O–H groups in total. The predicted molar refractivity (Wildman–Crippen MR) is 108 cm³/mol. The minimum atomic E-state index is -3.55. The van der Waals surface area contributed by atoms with Crippen LogP contribution < -0.4 is 15.1 Å². The van der Waals surface area contributed by atoms with Gasteiger partial charge in [0.15, 0.2) is 0 Å². The average Bonchev–Trinajstić information content (AvgIpc) is 3.06. The molecule has 1 aromatic carbocycles. The predicted octanol–water partition coefficient (Wildman–Crippen LogP) is 1.62. The molecule has 0 bridgehead atoms. The number of cyclic esters (lactones) is 1. The summed E-state index contributed by atoms with van der Waals surface area (Å²) in [5, 5.41) is 2.69. The van der Waals surface area contributed by atoms with Crippen LogP contribution in [0.4, 0.5) is 20.6 Å². The molecule has 9 nitrogen and oxygen atoms in total. The van der Waals surface area contributed by atoms with Gasteiger partial charge in [0.05, 0.1) is 36.8 Å². The van der Waals surface area contributed by atoms with E-state index in [4.69, 9.17) is 8.92 Å². The summed E-state index contributed by atoms with van der Waals surface area (Å²) in [7, 11) is -3.55. The normalized spacial score (nSPS) is 20.4. The average molecular weight is 443 g/mol. The summed E-state index contributed by atoms with van der Waals surface area (Å²) in [6.45, 7) is 2.87. The third kappa shape index (κ3) is 5.39. The molecule has 1 atom stereocenters. The SMILES string of the molecule is CCC(=O)NC[C@H]1CN(c2cccc(F)c2N2CCC(OS(C)(=O)=O)CC2)C(=O)O1. The molecule has 2 heterocycles. The van der Waals surface area contributed by atoms with Gasteiger partial charge in [0.25, 0.3) is 10.1 Å². The molecule has 1 aromatic rings. The number of carbonyl (C=O) groups is 2. The summed E-state index contributed by atoms with van der Waals surface area (Å²) in [5.41, 5.74) is 0.650. The maximum Gasteiger partial charge on any atom is 0.414 e. The second kappa shape index (κ2) is 9.17. The van der Waals surface area contributed by atoms with Gasteiger partial charge in [-0.05, 0) is 25.0 Å². The van der Waals surface area contributed by atoms with E-state index in [9.17, 15) is 22.4 Å². The van der Waals surface area contributed by atoms with Crippen LogP contribution in [0.5, 0.6) is 0 Å². The standard InChI is InChI=1S/C19H26FN3O6S/c1-3-17(24)21-11-14-12-23(19(25)28-14)16-6-4-5-15(20)18(16)22-9-7-13(8-10-22)29-30(2,26)27/h4-6,13-14H,3,7-12H2,1-2H3,(H,21,24)/t14-/m0/s1. The molecule has 3 rings (SSSR count). The molecule has 2 amide bonds. The maximum absolute atomic E-state index is 14.8. The fraction of sp³-hybridized carbons (Fsp3) is 0.579. The lowest BCUT2D eigenvalue weighted by molar-refractivity contribution is -0.121. The Labute approximate surface area is 175 Å². The lowest BCUT2D eigenvalue weighted by Gasteiger charge is -2.35. The van der Waals surface area contributed by atoms with Crippen LogP contribution in [-0.4, -0.2) is 65.1 Å². The highest BCUT2D eigenvalue weighted by Crippen LogP contribution is 2.36. The van der Waals surface area contributed by atoms with Gasteiger partial charge in [-0.15, -0.1) is 0 Å². The van der Waals surface area contributed by atoms with E-state index in [0.29, 0.717) is 38.0 Å². The maximum atomic E-state index is 14.8. The summed E-state index contributed by atoms with van der Waals surface area (Å²) in [6, 6.07) is 4.48. The van der Waals surface area contributed by atoms with Crippen molar-refractivity contribution in [3.05, 3.63) is 24.0 Å². The number of nitrogens with one attached hydrogen (secondary N) is 1. The minimum Gasteiger partial charge on any atom is -0.442 e. The Morgan fingerprint density at radius 2 is 2.03 bits per heavy atom. The van der Waals surface area contributed by atoms with Crippen LogP contribution in [0, 0.1) is 5.82 Å². The Morgan fingerprint density at radius 3 is 2.67 bits per heavy atom. The van der Waals surface area contributed by atoms with E-state index in [1.54, 1.807) is 17.9 Å². The molecule has 166 valence electrons. The molecular formula is C19H26FN3O6S. The monoisotopic (exact) mass is 443 g/mol. The highest BCUT2D eigenvalue weighted by atomic mass is 32.2. The molecule has 0 aliphatic carbocycles. The van der Waals surface area contributed by atoms with Crippen LogP contribution in [0.2, 0.25) is 0 Å². The fourth-order valence-electron chi connectivity index (χ4n) is 3.63. The topological polar surface area (TPSA) is 105 Å². The van der Waals surface area contributed by atoms with Crippen LogP contribution >= 0.6 is 0 Å². The van der Waals surface area contributed by atoms with E-state index in [-0.39, 0.29) is 24.7 Å². The molecule has 2 aliphatic rings. The van der Waals surface area contributed by atoms with Crippen molar-refractivity contribution in [3.8, 4) is 0 Å². The number of piperidine rings is 1. The van der Waals surface area contributed by atoms with Gasteiger partial charge in [0.2, 0.25) is 5.91 Å². The van der Waals surface area contributed by atoms with Crippen LogP contribution in [0.3, 0.4) is 0 Å². The third-order valence-electron chi connectivity index (χ3n) is 5.05. The zero-order valence-electron chi connectivity index (χ0n) is 17.0. The number of halogens is 1. The molecule has 30 heavy (non-hydrogen) atoms. The van der Waals surface area contributed by atoms with Crippen molar-refractivity contribution < 1.29 is 31.3 Å². The first-order valence-electron chi connectivity index (χ1n) is 9.84. The van der Waals surface area contributed by atoms with E-state index in [0.717, 1.165) is 6.26 Å². The minimum absolute atomic E-state index is 0.143. The van der Waals surface area contributed by atoms with Gasteiger partial charge in [0.1, 0.15) is 11.9 Å². The number of carbonyl (C=O) groups excluding carboxylic acids is 2. The van der Waals surface area contributed by atoms with Crippen molar-refractivity contribution in [2.75, 3.05) is 42.2 Å². The van der Waals surface area contributed by atoms with Crippen molar-refractivity contribution in [3.63, 3.8) is 0 Å². The van der Waals surface area contributed by atoms with E-state index in [1.807, 2.05) is 0 Å². The number of benzene rings is 1. The van der Waals surface area contributed by atoms with Crippen LogP contribution in [0.25, 0.3) is 0 Å². The number of rotatable bonds is 7. The van der Waals surface area contributed by atoms with Gasteiger partial charge in [-0.25, -0.2) is 9.18 Å². The Kier molecular flexibility index (Phi) is 6.81. The molecule has 0 spiro atoms. The van der Waals surface area contributed by atoms with E-state index in [2.05, 4.69) is 5.32 Å². The summed E-state index contributed by atoms with van der Waals surface area (Å²) in [4.78, 5) is 27.0. The van der Waals surface area contributed by atoms with Gasteiger partial charge in [-0.2, -0.15) is 8.42 Å². The quantitative estimate of drug-likeness (QED) is 0.639. The second-order valence-electron chi connectivity index (χ2n) is 7.37. The van der Waals surface area contributed by atoms with Gasteiger partial charge in [-0.1, -0.05) is 13.0 Å². The largest absolute Gasteiger partial charge is 0.442 e. The Bertz CT molecular complexity index is 902. The number of ether oxygens (including phenoxy) is 1. The summed E-state index contributed by atoms with van der Waals surface area (Å²) in [5.74, 6) is -0.624. The van der Waals surface area contributed by atoms with Crippen LogP contribution in [0.1, 0.15) is 26.2 Å². The molecule has 0 aromatic heterocycles. The van der Waals surface area contributed by atoms with Crippen molar-refractivity contribution in [1.82, 2.24) is 5.32 Å². The first-order valence-corrected chi connectivity index (χ1v) is 11.7. The molecule has 0 radical (unpaired) electrons. The summed E-state index contributed by atoms with van der Waals surface area (Å²) in [6.07, 6.45) is 0.582. The van der Waals surface area contributed by atoms with Gasteiger partial charge in [-0.3, -0.25) is 13.9 Å². The van der Waals surface area contributed by atoms with Gasteiger partial charge < -0.3 is 15.0 Å². The third-order valence-corrected chi connectivity index (χ3v) is 5.67. The number of hydrogen-bond acceptors (Lipinski definition) is 7. The fourth-order valence-corrected chi connectivity index (χ4v) is 4.32. The number of nitrogens with zero attached hydrogens (tertiary/aromatic N) is 2. The molecular weight excluding hydrogens is 417 g/mol. The Morgan fingerprint density at radius 1 is 1.33 bits per heavy atom. The number of para-hydroxylation sites is 1. The van der Waals surface area contributed by atoms with Crippen molar-refractivity contribution >= 4 is 33.5 Å². The first kappa shape index (κ1) is 22.3. The van der Waals surface area contributed by atoms with Crippen molar-refractivity contribution in [1.29, 1.82) is 0 Å². The van der Waals surface area contributed by atoms with E-state index in [1.165, 1.54) is 17.0 Å². The zero-order valence-corrected chi connectivity index (χ0v) is 17.8. The molecule has 0 unspecified atom stereocenters. The Balaban J connectivity index is 1.73. The van der Waals surface area contributed by atoms with Crippen molar-refractivity contribution in [2.45, 2.75) is 38.4 Å². The highest BCUT2D eigenvalue weighted by molar-refractivity contribution is 7.86. The molecule has 2 saturated heterocycles. The highest BCUT2D eigenvalue weighted by Gasteiger charge is 2.36. The smallest absolute Gasteiger partial charge is 0.414 e. The summed E-state index contributed by atoms with van der Waals surface area (Å²) < 4.78 is 47.8. The second-order valence-corrected chi connectivity index (χ2v) is 8.97. The lowest BCUT2D eigenvalue weighted by atomic mass is 10.1. The van der Waals surface area contributed by atoms with Crippen LogP contribution in [0.15, 0.2) is 18.2 Å². The number of amides is 2. The zero-order chi connectivity index (χ0) is 21.9. The number of anilines is 2. The number of hydrogen-bond donors (Lipinski definition) is 1. The van der Waals surface area contributed by atoms with E-state index < -0.39 is 34.2 Å². The molecule has 0 saturated carbocycles. The van der Waals surface area contributed by atoms with Crippen LogP contribution in [-0.2, 0) is 23.8 Å².